The molecule has 1 aliphatic heterocycles. The monoisotopic (exact) mass is 249 g/mol. The van der Waals surface area contributed by atoms with Gasteiger partial charge in [0.2, 0.25) is 0 Å². The van der Waals surface area contributed by atoms with Gasteiger partial charge in [0.25, 0.3) is 5.69 Å². The Bertz CT molecular complexity index is 444. The van der Waals surface area contributed by atoms with E-state index in [0.29, 0.717) is 0 Å². The molecule has 2 rings (SSSR count). The minimum Gasteiger partial charge on any atom is -0.360 e. The minimum atomic E-state index is -0.414. The van der Waals surface area contributed by atoms with Crippen LogP contribution in [0.15, 0.2) is 29.4 Å². The van der Waals surface area contributed by atoms with Gasteiger partial charge in [0.05, 0.1) is 11.1 Å². The van der Waals surface area contributed by atoms with Crippen LogP contribution in [-0.4, -0.2) is 36.0 Å². The average molecular weight is 249 g/mol. The van der Waals surface area contributed by atoms with Crippen LogP contribution in [0.3, 0.4) is 0 Å². The Morgan fingerprint density at radius 1 is 1.50 bits per heavy atom. The number of non-ortho nitro benzene ring substituents is 1. The summed E-state index contributed by atoms with van der Waals surface area (Å²) in [6.07, 6.45) is 3.78. The first kappa shape index (κ1) is 12.5. The number of nitrogens with zero attached hydrogens (tertiary/aromatic N) is 3. The first-order valence-electron chi connectivity index (χ1n) is 5.78. The molecule has 0 bridgehead atoms. The maximum Gasteiger partial charge on any atom is 0.269 e. The molecule has 18 heavy (non-hydrogen) atoms. The predicted octanol–water partition coefficient (Wildman–Crippen LogP) is 2.00. The molecule has 1 saturated heterocycles. The first-order valence-corrected chi connectivity index (χ1v) is 5.78. The third-order valence-electron chi connectivity index (χ3n) is 2.90. The second-order valence-corrected chi connectivity index (χ2v) is 4.09. The standard InChI is InChI=1S/C12H15N3O3/c1-18-12-3-2-8-14(12)13-9-10-4-6-11(7-5-10)15(16)17/h4-7,9,12H,2-3,8H2,1H3/b13-9+/t12-/m1/s1. The fourth-order valence-electron chi connectivity index (χ4n) is 1.92. The zero-order chi connectivity index (χ0) is 13.0. The van der Waals surface area contributed by atoms with Gasteiger partial charge in [-0.1, -0.05) is 0 Å². The molecule has 0 radical (unpaired) electrons. The van der Waals surface area contributed by atoms with Gasteiger partial charge in [0.15, 0.2) is 0 Å². The molecular formula is C12H15N3O3. The molecule has 1 aromatic carbocycles. The second kappa shape index (κ2) is 5.59. The van der Waals surface area contributed by atoms with Crippen LogP contribution in [0.2, 0.25) is 0 Å². The number of benzene rings is 1. The number of nitro groups is 1. The molecule has 0 spiro atoms. The number of rotatable bonds is 4. The van der Waals surface area contributed by atoms with E-state index in [9.17, 15) is 10.1 Å². The van der Waals surface area contributed by atoms with Crippen LogP contribution in [0.1, 0.15) is 18.4 Å². The zero-order valence-corrected chi connectivity index (χ0v) is 10.2. The highest BCUT2D eigenvalue weighted by Crippen LogP contribution is 2.17. The lowest BCUT2D eigenvalue weighted by Crippen LogP contribution is -2.25. The van der Waals surface area contributed by atoms with Crippen LogP contribution in [0.5, 0.6) is 0 Å². The van der Waals surface area contributed by atoms with E-state index >= 15 is 0 Å². The van der Waals surface area contributed by atoms with E-state index in [4.69, 9.17) is 4.74 Å². The van der Waals surface area contributed by atoms with Gasteiger partial charge in [-0.15, -0.1) is 0 Å². The van der Waals surface area contributed by atoms with Crippen LogP contribution >= 0.6 is 0 Å². The van der Waals surface area contributed by atoms with Crippen LogP contribution in [0, 0.1) is 10.1 Å². The van der Waals surface area contributed by atoms with E-state index in [0.717, 1.165) is 24.9 Å². The summed E-state index contributed by atoms with van der Waals surface area (Å²) in [7, 11) is 1.67. The molecule has 96 valence electrons. The molecule has 0 unspecified atom stereocenters. The van der Waals surface area contributed by atoms with E-state index in [1.165, 1.54) is 12.1 Å². The molecular weight excluding hydrogens is 234 g/mol. The lowest BCUT2D eigenvalue weighted by molar-refractivity contribution is -0.384. The van der Waals surface area contributed by atoms with Crippen molar-refractivity contribution in [2.75, 3.05) is 13.7 Å². The van der Waals surface area contributed by atoms with Gasteiger partial charge >= 0.3 is 0 Å². The highest BCUT2D eigenvalue weighted by molar-refractivity contribution is 5.79. The highest BCUT2D eigenvalue weighted by Gasteiger charge is 2.21. The summed E-state index contributed by atoms with van der Waals surface area (Å²) in [5.74, 6) is 0. The molecule has 0 N–H and O–H groups in total. The first-order chi connectivity index (χ1) is 8.70. The highest BCUT2D eigenvalue weighted by atomic mass is 16.6. The van der Waals surface area contributed by atoms with E-state index in [2.05, 4.69) is 5.10 Å². The number of ether oxygens (including phenoxy) is 1. The number of methoxy groups -OCH3 is 1. The zero-order valence-electron chi connectivity index (χ0n) is 10.2. The van der Waals surface area contributed by atoms with Gasteiger partial charge < -0.3 is 4.74 Å². The predicted molar refractivity (Wildman–Crippen MR) is 67.4 cm³/mol. The Morgan fingerprint density at radius 3 is 2.83 bits per heavy atom. The quantitative estimate of drug-likeness (QED) is 0.465. The van der Waals surface area contributed by atoms with E-state index in [1.54, 1.807) is 25.5 Å². The third kappa shape index (κ3) is 2.84. The Morgan fingerprint density at radius 2 is 2.22 bits per heavy atom. The summed E-state index contributed by atoms with van der Waals surface area (Å²) in [4.78, 5) is 10.1. The van der Waals surface area contributed by atoms with E-state index in [-0.39, 0.29) is 11.9 Å². The molecule has 0 aliphatic carbocycles. The number of nitro benzene ring substituents is 1. The smallest absolute Gasteiger partial charge is 0.269 e. The molecule has 6 heteroatoms. The number of hydrogen-bond acceptors (Lipinski definition) is 5. The molecule has 1 atom stereocenters. The Labute approximate surface area is 105 Å². The van der Waals surface area contributed by atoms with Gasteiger partial charge in [-0.05, 0) is 30.5 Å². The van der Waals surface area contributed by atoms with Crippen molar-refractivity contribution in [3.05, 3.63) is 39.9 Å². The average Bonchev–Trinajstić information content (AvgIpc) is 2.84. The largest absolute Gasteiger partial charge is 0.360 e. The Kier molecular flexibility index (Phi) is 3.88. The fraction of sp³-hybridized carbons (Fsp3) is 0.417. The fourth-order valence-corrected chi connectivity index (χ4v) is 1.92. The molecule has 0 aromatic heterocycles. The van der Waals surface area contributed by atoms with Crippen molar-refractivity contribution >= 4 is 11.9 Å². The molecule has 1 aliphatic rings. The van der Waals surface area contributed by atoms with Crippen LogP contribution in [0.25, 0.3) is 0 Å². The molecule has 6 nitrogen and oxygen atoms in total. The van der Waals surface area contributed by atoms with Gasteiger partial charge in [-0.25, -0.2) is 0 Å². The summed E-state index contributed by atoms with van der Waals surface area (Å²) in [6, 6.07) is 6.30. The van der Waals surface area contributed by atoms with Crippen molar-refractivity contribution in [3.8, 4) is 0 Å². The topological polar surface area (TPSA) is 68.0 Å². The Balaban J connectivity index is 2.02. The van der Waals surface area contributed by atoms with Gasteiger partial charge in [0, 0.05) is 25.8 Å². The van der Waals surface area contributed by atoms with Gasteiger partial charge in [-0.3, -0.25) is 15.1 Å². The van der Waals surface area contributed by atoms with Crippen molar-refractivity contribution < 1.29 is 9.66 Å². The molecule has 1 heterocycles. The van der Waals surface area contributed by atoms with Crippen molar-refractivity contribution in [2.45, 2.75) is 19.1 Å². The van der Waals surface area contributed by atoms with Gasteiger partial charge in [-0.2, -0.15) is 5.10 Å². The molecule has 1 aromatic rings. The van der Waals surface area contributed by atoms with Crippen molar-refractivity contribution in [1.82, 2.24) is 5.01 Å². The van der Waals surface area contributed by atoms with Crippen LogP contribution in [-0.2, 0) is 4.74 Å². The summed E-state index contributed by atoms with van der Waals surface area (Å²) < 4.78 is 5.29. The third-order valence-corrected chi connectivity index (χ3v) is 2.90. The molecule has 0 saturated carbocycles. The number of hydrogen-bond donors (Lipinski definition) is 0. The maximum atomic E-state index is 10.5. The van der Waals surface area contributed by atoms with Crippen LogP contribution < -0.4 is 0 Å². The summed E-state index contributed by atoms with van der Waals surface area (Å²) in [6.45, 7) is 0.877. The summed E-state index contributed by atoms with van der Waals surface area (Å²) in [5, 5.41) is 16.7. The van der Waals surface area contributed by atoms with Gasteiger partial charge in [0.1, 0.15) is 6.23 Å². The number of hydrazone groups is 1. The van der Waals surface area contributed by atoms with Crippen molar-refractivity contribution in [3.63, 3.8) is 0 Å². The van der Waals surface area contributed by atoms with Crippen molar-refractivity contribution in [1.29, 1.82) is 0 Å². The summed E-state index contributed by atoms with van der Waals surface area (Å²) in [5.41, 5.74) is 0.922. The lowest BCUT2D eigenvalue weighted by atomic mass is 10.2. The second-order valence-electron chi connectivity index (χ2n) is 4.09. The normalized spacial score (nSPS) is 19.6. The maximum absolute atomic E-state index is 10.5. The molecule has 0 amide bonds. The summed E-state index contributed by atoms with van der Waals surface area (Å²) >= 11 is 0. The molecule has 1 fully saturated rings. The Hall–Kier alpha value is -1.95. The van der Waals surface area contributed by atoms with E-state index in [1.807, 2.05) is 5.01 Å². The van der Waals surface area contributed by atoms with E-state index < -0.39 is 4.92 Å². The van der Waals surface area contributed by atoms with Crippen molar-refractivity contribution in [2.24, 2.45) is 5.10 Å². The SMILES string of the molecule is CO[C@@H]1CCCN1/N=C/c1ccc([N+](=O)[O-])cc1. The van der Waals surface area contributed by atoms with Crippen LogP contribution in [0.4, 0.5) is 5.69 Å². The lowest BCUT2D eigenvalue weighted by Gasteiger charge is -2.19. The minimum absolute atomic E-state index is 0.0410.